The second-order valence-corrected chi connectivity index (χ2v) is 14.9. The monoisotopic (exact) mass is 754 g/mol. The Morgan fingerprint density at radius 1 is 0.964 bits per heavy atom. The Balaban J connectivity index is 1.13. The molecule has 4 fully saturated rings. The van der Waals surface area contributed by atoms with E-state index >= 15 is 4.39 Å². The van der Waals surface area contributed by atoms with Gasteiger partial charge in [-0.15, -0.1) is 6.42 Å². The predicted octanol–water partition coefficient (Wildman–Crippen LogP) is 7.82. The highest BCUT2D eigenvalue weighted by molar-refractivity contribution is 6.03. The van der Waals surface area contributed by atoms with Crippen LogP contribution in [0.25, 0.3) is 32.9 Å². The molecule has 3 saturated heterocycles. The maximum Gasteiger partial charge on any atom is 0.319 e. The van der Waals surface area contributed by atoms with Crippen LogP contribution in [0.1, 0.15) is 55.7 Å². The Labute approximate surface area is 312 Å². The van der Waals surface area contributed by atoms with Gasteiger partial charge in [0.05, 0.1) is 22.2 Å². The van der Waals surface area contributed by atoms with E-state index in [1.54, 1.807) is 0 Å². The maximum absolute atomic E-state index is 17.1. The van der Waals surface area contributed by atoms with Crippen LogP contribution in [0.5, 0.6) is 11.8 Å². The topological polar surface area (TPSA) is 96.2 Å². The number of aromatic hydroxyl groups is 1. The first-order chi connectivity index (χ1) is 26.6. The molecular formula is C41H35F5N6O3. The second kappa shape index (κ2) is 13.3. The number of anilines is 1. The standard InChI is InChI=1S/C41H35F5N6O3/c1-3-26-29(42)8-7-21-13-25(53)16-27(33(21)26)37-35(46)38-28(17-47-37)39(51-18-22-5-6-23(19-51)36(22)50-54-2)49-40(48-38)55-20-41-10-4-12-52(41)32(9-11-41)24-14-30(43)34(45)31(44)15-24/h1,7-8,13-17,22-23,32,53H,4-6,9-12,18-20H2,2H3. The van der Waals surface area contributed by atoms with E-state index in [2.05, 4.69) is 30.8 Å². The summed E-state index contributed by atoms with van der Waals surface area (Å²) in [6.45, 7) is 1.83. The van der Waals surface area contributed by atoms with Gasteiger partial charge in [0.25, 0.3) is 0 Å². The van der Waals surface area contributed by atoms with Crippen molar-refractivity contribution >= 4 is 33.2 Å². The van der Waals surface area contributed by atoms with Gasteiger partial charge in [0.2, 0.25) is 0 Å². The van der Waals surface area contributed by atoms with E-state index < -0.39 is 34.6 Å². The van der Waals surface area contributed by atoms with Gasteiger partial charge in [0.1, 0.15) is 42.3 Å². The van der Waals surface area contributed by atoms with Gasteiger partial charge in [-0.25, -0.2) is 22.0 Å². The number of piperidine rings is 1. The number of phenols is 1. The van der Waals surface area contributed by atoms with E-state index in [1.165, 1.54) is 37.6 Å². The predicted molar refractivity (Wildman–Crippen MR) is 195 cm³/mol. The third-order valence-electron chi connectivity index (χ3n) is 11.9. The summed E-state index contributed by atoms with van der Waals surface area (Å²) in [6, 6.07) is 7.02. The Kier molecular flexibility index (Phi) is 8.53. The molecular weight excluding hydrogens is 719 g/mol. The third kappa shape index (κ3) is 5.70. The summed E-state index contributed by atoms with van der Waals surface area (Å²) < 4.78 is 80.9. The molecule has 1 aliphatic carbocycles. The summed E-state index contributed by atoms with van der Waals surface area (Å²) >= 11 is 0. The minimum absolute atomic E-state index is 0.0816. The zero-order chi connectivity index (χ0) is 38.2. The molecule has 4 atom stereocenters. The van der Waals surface area contributed by atoms with Crippen molar-refractivity contribution in [2.45, 2.75) is 50.1 Å². The Hall–Kier alpha value is -5.55. The van der Waals surface area contributed by atoms with E-state index in [-0.39, 0.29) is 64.0 Å². The first-order valence-corrected chi connectivity index (χ1v) is 18.3. The number of aromatic nitrogens is 3. The molecule has 3 aliphatic heterocycles. The fourth-order valence-electron chi connectivity index (χ4n) is 9.52. The van der Waals surface area contributed by atoms with E-state index in [0.717, 1.165) is 43.5 Å². The lowest BCUT2D eigenvalue weighted by molar-refractivity contribution is 0.0843. The first-order valence-electron chi connectivity index (χ1n) is 18.3. The molecule has 0 amide bonds. The quantitative estimate of drug-likeness (QED) is 0.0778. The summed E-state index contributed by atoms with van der Waals surface area (Å²) in [5.41, 5.74) is 0.522. The Morgan fingerprint density at radius 2 is 1.73 bits per heavy atom. The van der Waals surface area contributed by atoms with Crippen LogP contribution >= 0.6 is 0 Å². The lowest BCUT2D eigenvalue weighted by Crippen LogP contribution is -2.44. The molecule has 3 aromatic carbocycles. The highest BCUT2D eigenvalue weighted by atomic mass is 19.2. The number of halogens is 5. The van der Waals surface area contributed by atoms with Crippen molar-refractivity contribution in [1.82, 2.24) is 19.9 Å². The van der Waals surface area contributed by atoms with Gasteiger partial charge in [0.15, 0.2) is 23.3 Å². The van der Waals surface area contributed by atoms with Crippen LogP contribution in [-0.2, 0) is 4.84 Å². The van der Waals surface area contributed by atoms with Crippen LogP contribution in [0.15, 0.2) is 47.8 Å². The number of nitrogens with zero attached hydrogens (tertiary/aromatic N) is 6. The minimum atomic E-state index is -1.50. The second-order valence-electron chi connectivity index (χ2n) is 14.9. The van der Waals surface area contributed by atoms with E-state index in [0.29, 0.717) is 54.6 Å². The SMILES string of the molecule is C#Cc1c(F)ccc2cc(O)cc(-c3ncc4c(N5CC6CCC(C5)C6=NOC)nc(OCC56CCCN5C(c5cc(F)c(F)c(F)c5)CC6)nc4c3F)c12. The molecule has 1 saturated carbocycles. The number of ether oxygens (including phenoxy) is 1. The molecule has 5 aromatic rings. The minimum Gasteiger partial charge on any atom is -0.508 e. The molecule has 9 nitrogen and oxygen atoms in total. The summed E-state index contributed by atoms with van der Waals surface area (Å²) in [6.07, 6.45) is 11.7. The first kappa shape index (κ1) is 35.2. The van der Waals surface area contributed by atoms with Crippen LogP contribution < -0.4 is 9.64 Å². The van der Waals surface area contributed by atoms with Crippen molar-refractivity contribution in [1.29, 1.82) is 0 Å². The maximum atomic E-state index is 17.1. The lowest BCUT2D eigenvalue weighted by Gasteiger charge is -2.35. The average molecular weight is 755 g/mol. The van der Waals surface area contributed by atoms with Crippen LogP contribution in [0.3, 0.4) is 0 Å². The number of hydrogen-bond acceptors (Lipinski definition) is 9. The fourth-order valence-corrected chi connectivity index (χ4v) is 9.52. The normalized spacial score (nSPS) is 23.4. The smallest absolute Gasteiger partial charge is 0.319 e. The number of terminal acetylenes is 1. The average Bonchev–Trinajstić information content (AvgIpc) is 3.81. The molecule has 4 unspecified atom stereocenters. The zero-order valence-corrected chi connectivity index (χ0v) is 29.8. The van der Waals surface area contributed by atoms with E-state index in [1.807, 2.05) is 0 Å². The number of benzene rings is 3. The summed E-state index contributed by atoms with van der Waals surface area (Å²) in [4.78, 5) is 23.3. The fraction of sp³-hybridized carbons (Fsp3) is 0.366. The summed E-state index contributed by atoms with van der Waals surface area (Å²) in [5, 5.41) is 15.9. The Bertz CT molecular complexity index is 2440. The Morgan fingerprint density at radius 3 is 2.45 bits per heavy atom. The van der Waals surface area contributed by atoms with Crippen molar-refractivity contribution in [2.75, 3.05) is 38.3 Å². The van der Waals surface area contributed by atoms with Crippen molar-refractivity contribution in [3.8, 4) is 35.4 Å². The van der Waals surface area contributed by atoms with Gasteiger partial charge in [-0.3, -0.25) is 9.88 Å². The molecule has 0 spiro atoms. The number of oxime groups is 1. The molecule has 282 valence electrons. The van der Waals surface area contributed by atoms with Crippen LogP contribution in [0.2, 0.25) is 0 Å². The van der Waals surface area contributed by atoms with Gasteiger partial charge in [0, 0.05) is 48.1 Å². The molecule has 2 bridgehead atoms. The van der Waals surface area contributed by atoms with Crippen LogP contribution in [0, 0.1) is 53.3 Å². The number of rotatable bonds is 7. The van der Waals surface area contributed by atoms with Crippen molar-refractivity contribution in [2.24, 2.45) is 17.0 Å². The summed E-state index contributed by atoms with van der Waals surface area (Å²) in [7, 11) is 1.52. The van der Waals surface area contributed by atoms with Crippen molar-refractivity contribution < 1.29 is 36.6 Å². The zero-order valence-electron chi connectivity index (χ0n) is 29.8. The van der Waals surface area contributed by atoms with Gasteiger partial charge >= 0.3 is 6.01 Å². The van der Waals surface area contributed by atoms with Gasteiger partial charge in [-0.2, -0.15) is 9.97 Å². The molecule has 5 heterocycles. The highest BCUT2D eigenvalue weighted by Crippen LogP contribution is 2.49. The van der Waals surface area contributed by atoms with E-state index in [9.17, 15) is 22.7 Å². The molecule has 55 heavy (non-hydrogen) atoms. The summed E-state index contributed by atoms with van der Waals surface area (Å²) in [5.74, 6) is -2.70. The van der Waals surface area contributed by atoms with Crippen molar-refractivity contribution in [3.63, 3.8) is 0 Å². The number of pyridine rings is 1. The highest BCUT2D eigenvalue weighted by Gasteiger charge is 2.50. The molecule has 4 aliphatic rings. The lowest BCUT2D eigenvalue weighted by atomic mass is 9.95. The van der Waals surface area contributed by atoms with Crippen LogP contribution in [-0.4, -0.2) is 69.6 Å². The largest absolute Gasteiger partial charge is 0.508 e. The molecule has 0 radical (unpaired) electrons. The van der Waals surface area contributed by atoms with Crippen molar-refractivity contribution in [3.05, 3.63) is 82.8 Å². The number of phenolic OH excluding ortho intramolecular Hbond substituents is 1. The van der Waals surface area contributed by atoms with Gasteiger partial charge in [-0.1, -0.05) is 17.1 Å². The third-order valence-corrected chi connectivity index (χ3v) is 11.9. The molecule has 2 aromatic heterocycles. The number of hydrogen-bond donors (Lipinski definition) is 1. The number of fused-ring (bicyclic) bond motifs is 5. The van der Waals surface area contributed by atoms with Crippen LogP contribution in [0.4, 0.5) is 27.8 Å². The molecule has 1 N–H and O–H groups in total. The molecule has 9 rings (SSSR count). The van der Waals surface area contributed by atoms with Gasteiger partial charge in [-0.05, 0) is 86.4 Å². The van der Waals surface area contributed by atoms with Gasteiger partial charge < -0.3 is 19.6 Å². The van der Waals surface area contributed by atoms with E-state index in [4.69, 9.17) is 21.0 Å². The molecule has 14 heteroatoms.